The Bertz CT molecular complexity index is 1230. The Morgan fingerprint density at radius 1 is 1.07 bits per heavy atom. The van der Waals surface area contributed by atoms with Gasteiger partial charge < -0.3 is 19.3 Å². The minimum absolute atomic E-state index is 0.00245. The number of benzene rings is 1. The molecule has 0 aliphatic rings. The van der Waals surface area contributed by atoms with E-state index in [1.807, 2.05) is 0 Å². The number of amides is 3. The van der Waals surface area contributed by atoms with E-state index in [4.69, 9.17) is 14.2 Å². The quantitative estimate of drug-likeness (QED) is 0.0682. The maximum Gasteiger partial charge on any atom is 0.433 e. The summed E-state index contributed by atoms with van der Waals surface area (Å²) in [5.41, 5.74) is -1.42. The second-order valence-electron chi connectivity index (χ2n) is 10.9. The van der Waals surface area contributed by atoms with Crippen LogP contribution in [0, 0.1) is 5.92 Å². The van der Waals surface area contributed by atoms with Gasteiger partial charge in [0.25, 0.3) is 0 Å². The zero-order chi connectivity index (χ0) is 31.7. The highest BCUT2D eigenvalue weighted by molar-refractivity contribution is 7.23. The molecule has 1 heterocycles. The van der Waals surface area contributed by atoms with Crippen LogP contribution in [-0.4, -0.2) is 83.8 Å². The van der Waals surface area contributed by atoms with Crippen LogP contribution in [0.5, 0.6) is 0 Å². The van der Waals surface area contributed by atoms with Crippen LogP contribution >= 0.6 is 8.46 Å². The number of aliphatic imine (C=N–C) groups is 1. The van der Waals surface area contributed by atoms with Gasteiger partial charge in [0.05, 0.1) is 5.69 Å². The Morgan fingerprint density at radius 3 is 2.12 bits per heavy atom. The van der Waals surface area contributed by atoms with Gasteiger partial charge >= 0.3 is 26.7 Å². The van der Waals surface area contributed by atoms with Crippen molar-refractivity contribution < 1.29 is 43.5 Å². The highest BCUT2D eigenvalue weighted by atomic mass is 31.1. The molecule has 4 atom stereocenters. The number of carbonyl (C=O) groups excluding carboxylic acids is 2. The molecule has 42 heavy (non-hydrogen) atoms. The fourth-order valence-corrected chi connectivity index (χ4v) is 3.75. The average molecular weight is 612 g/mol. The first-order chi connectivity index (χ1) is 19.5. The Labute approximate surface area is 243 Å². The van der Waals surface area contributed by atoms with Crippen LogP contribution in [0.15, 0.2) is 29.3 Å². The smallest absolute Gasteiger partial charge is 0.433 e. The number of guanidine groups is 1. The maximum atomic E-state index is 12.6. The molecule has 1 aromatic heterocycles. The summed E-state index contributed by atoms with van der Waals surface area (Å²) in [6.07, 6.45) is -6.40. The number of hydrogen-bond donors (Lipinski definition) is 5. The summed E-state index contributed by atoms with van der Waals surface area (Å²) in [7, 11) is -0.804. The number of aromatic amines is 1. The Balaban J connectivity index is 2.61. The number of tetrazole rings is 1. The van der Waals surface area contributed by atoms with Crippen molar-refractivity contribution >= 4 is 38.4 Å². The van der Waals surface area contributed by atoms with E-state index in [-0.39, 0.29) is 34.3 Å². The van der Waals surface area contributed by atoms with E-state index in [1.165, 1.54) is 19.1 Å². The summed E-state index contributed by atoms with van der Waals surface area (Å²) < 4.78 is 27.9. The first kappa shape index (κ1) is 34.0. The number of nitrogens with zero attached hydrogens (tertiary/aromatic N) is 5. The molecule has 17 nitrogen and oxygen atoms in total. The lowest BCUT2D eigenvalue weighted by Crippen LogP contribution is -2.47. The van der Waals surface area contributed by atoms with Gasteiger partial charge in [0.1, 0.15) is 11.2 Å². The van der Waals surface area contributed by atoms with E-state index in [0.717, 1.165) is 0 Å². The molecule has 18 heteroatoms. The lowest BCUT2D eigenvalue weighted by Gasteiger charge is -2.30. The van der Waals surface area contributed by atoms with E-state index >= 15 is 0 Å². The van der Waals surface area contributed by atoms with Gasteiger partial charge in [0, 0.05) is 11.5 Å². The number of alkyl carbamates (subject to hydrolysis) is 2. The average Bonchev–Trinajstić information content (AvgIpc) is 3.37. The number of hydroxylamine groups is 2. The third kappa shape index (κ3) is 11.0. The molecule has 2 rings (SSSR count). The molecule has 0 bridgehead atoms. The molecular formula is C24H36N8O9P+. The molecule has 0 radical (unpaired) electrons. The number of aromatic nitrogens is 4. The van der Waals surface area contributed by atoms with Crippen molar-refractivity contribution in [1.29, 1.82) is 0 Å². The predicted octanol–water partition coefficient (Wildman–Crippen LogP) is 3.70. The van der Waals surface area contributed by atoms with Crippen molar-refractivity contribution in [1.82, 2.24) is 36.3 Å². The summed E-state index contributed by atoms with van der Waals surface area (Å²) in [6.45, 7) is 11.4. The van der Waals surface area contributed by atoms with Crippen LogP contribution in [0.2, 0.25) is 0 Å². The lowest BCUT2D eigenvalue weighted by molar-refractivity contribution is -0.216. The molecule has 3 amide bonds. The topological polar surface area (TPSA) is 231 Å². The van der Waals surface area contributed by atoms with Gasteiger partial charge in [-0.05, 0) is 47.6 Å². The lowest BCUT2D eigenvalue weighted by atomic mass is 10.1. The predicted molar refractivity (Wildman–Crippen MR) is 148 cm³/mol. The Hall–Kier alpha value is -4.21. The normalized spacial score (nSPS) is 13.8. The number of carboxylic acid groups (broad SMARTS) is 1. The number of H-pyrrole nitrogens is 1. The first-order valence-electron chi connectivity index (χ1n) is 12.6. The molecule has 0 saturated carbocycles. The first-order valence-corrected chi connectivity index (χ1v) is 13.7. The van der Waals surface area contributed by atoms with Crippen LogP contribution in [0.25, 0.3) is 0 Å². The minimum Gasteiger partial charge on any atom is -0.463 e. The number of carbonyl (C=O) groups is 3. The molecule has 0 aliphatic heterocycles. The van der Waals surface area contributed by atoms with Crippen molar-refractivity contribution in [3.8, 4) is 0 Å². The van der Waals surface area contributed by atoms with Gasteiger partial charge in [-0.3, -0.25) is 15.8 Å². The second kappa shape index (κ2) is 14.6. The highest BCUT2D eigenvalue weighted by Gasteiger charge is 2.36. The SMILES string of the molecule is CC(C[PH+]=O)C(OC(c1nn[nH]n1)c1ccccc1N=C(NC(=O)OC(C)(C)C)NC(=O)OC(C)(C)C)N(O)C(=O)O. The molecule has 0 fully saturated rings. The molecule has 5 N–H and O–H groups in total. The summed E-state index contributed by atoms with van der Waals surface area (Å²) in [5, 5.41) is 38.1. The van der Waals surface area contributed by atoms with E-state index in [9.17, 15) is 29.3 Å². The van der Waals surface area contributed by atoms with Gasteiger partial charge in [-0.1, -0.05) is 34.9 Å². The van der Waals surface area contributed by atoms with Crippen LogP contribution in [0.4, 0.5) is 20.1 Å². The molecule has 0 spiro atoms. The number of rotatable bonds is 9. The van der Waals surface area contributed by atoms with Crippen molar-refractivity contribution in [3.05, 3.63) is 35.7 Å². The molecular weight excluding hydrogens is 575 g/mol. The number of para-hydroxylation sites is 1. The van der Waals surface area contributed by atoms with E-state index in [1.54, 1.807) is 53.7 Å². The standard InChI is InChI=1S/C24H35N8O9P/c1-13(12-42-38)18(32(37)22(35)36)39-16(17-28-30-31-29-17)14-10-8-9-11-15(14)25-19(26-20(33)40-23(2,3)4)27-21(34)41-24(5,6)7/h8-11,13,16,18,37H,12H2,1-7H3,(H,35,36)(H,28,29,30,31)(H2,25,26,27,33,34)/p+1. The van der Waals surface area contributed by atoms with Crippen molar-refractivity contribution in [2.75, 3.05) is 6.16 Å². The van der Waals surface area contributed by atoms with Gasteiger partial charge in [-0.2, -0.15) is 10.3 Å². The van der Waals surface area contributed by atoms with Gasteiger partial charge in [-0.25, -0.2) is 19.4 Å². The number of hydrogen-bond acceptors (Lipinski definition) is 12. The molecule has 4 unspecified atom stereocenters. The third-order valence-corrected chi connectivity index (χ3v) is 5.70. The Morgan fingerprint density at radius 2 is 1.64 bits per heavy atom. The number of ether oxygens (including phenoxy) is 3. The van der Waals surface area contributed by atoms with Crippen LogP contribution in [0.1, 0.15) is 66.0 Å². The fraction of sp³-hybridized carbons (Fsp3) is 0.542. The molecule has 0 aliphatic carbocycles. The van der Waals surface area contributed by atoms with Gasteiger partial charge in [-0.15, -0.1) is 10.2 Å². The van der Waals surface area contributed by atoms with Crippen molar-refractivity contribution in [3.63, 3.8) is 0 Å². The largest absolute Gasteiger partial charge is 0.463 e. The summed E-state index contributed by atoms with van der Waals surface area (Å²) >= 11 is 0. The molecule has 2 aromatic rings. The maximum absolute atomic E-state index is 12.6. The van der Waals surface area contributed by atoms with Gasteiger partial charge in [0.2, 0.25) is 11.8 Å². The fourth-order valence-electron chi connectivity index (χ4n) is 3.29. The summed E-state index contributed by atoms with van der Waals surface area (Å²) in [4.78, 5) is 41.1. The molecule has 0 saturated heterocycles. The van der Waals surface area contributed by atoms with E-state index < -0.39 is 56.2 Å². The van der Waals surface area contributed by atoms with Crippen molar-refractivity contribution in [2.45, 2.75) is 72.0 Å². The second-order valence-corrected chi connectivity index (χ2v) is 11.6. The molecule has 230 valence electrons. The summed E-state index contributed by atoms with van der Waals surface area (Å²) in [6, 6.07) is 6.25. The number of nitrogens with one attached hydrogen (secondary N) is 3. The molecule has 1 aromatic carbocycles. The Kier molecular flexibility index (Phi) is 11.8. The monoisotopic (exact) mass is 611 g/mol. The van der Waals surface area contributed by atoms with Crippen LogP contribution in [0.3, 0.4) is 0 Å². The summed E-state index contributed by atoms with van der Waals surface area (Å²) in [5.74, 6) is -1.19. The van der Waals surface area contributed by atoms with Crippen LogP contribution in [-0.2, 0) is 18.8 Å². The van der Waals surface area contributed by atoms with Crippen molar-refractivity contribution in [2.24, 2.45) is 10.9 Å². The minimum atomic E-state index is -1.72. The third-order valence-electron chi connectivity index (χ3n) is 4.89. The van der Waals surface area contributed by atoms with E-state index in [0.29, 0.717) is 0 Å². The zero-order valence-electron chi connectivity index (χ0n) is 24.2. The van der Waals surface area contributed by atoms with E-state index in [2.05, 4.69) is 36.3 Å². The van der Waals surface area contributed by atoms with Crippen LogP contribution < -0.4 is 10.6 Å². The zero-order valence-corrected chi connectivity index (χ0v) is 25.2. The van der Waals surface area contributed by atoms with Gasteiger partial charge in [0.15, 0.2) is 18.5 Å². The highest BCUT2D eigenvalue weighted by Crippen LogP contribution is 2.34.